The molecule has 1 aromatic rings. The molecule has 104 valence electrons. The Kier molecular flexibility index (Phi) is 4.11. The van der Waals surface area contributed by atoms with Crippen molar-refractivity contribution in [2.45, 2.75) is 33.2 Å². The molecule has 1 atom stereocenters. The predicted molar refractivity (Wildman–Crippen MR) is 76.2 cm³/mol. The third kappa shape index (κ3) is 2.59. The summed E-state index contributed by atoms with van der Waals surface area (Å²) in [6.07, 6.45) is 1.19. The first-order valence-electron chi connectivity index (χ1n) is 7.01. The highest BCUT2D eigenvalue weighted by Gasteiger charge is 2.25. The Morgan fingerprint density at radius 2 is 1.95 bits per heavy atom. The van der Waals surface area contributed by atoms with Crippen LogP contribution >= 0.6 is 0 Å². The fraction of sp³-hybridized carbons (Fsp3) is 0.714. The molecule has 1 saturated heterocycles. The summed E-state index contributed by atoms with van der Waals surface area (Å²) < 4.78 is 1.84. The Morgan fingerprint density at radius 3 is 2.47 bits per heavy atom. The van der Waals surface area contributed by atoms with E-state index in [1.54, 1.807) is 0 Å². The Hall–Kier alpha value is -1.54. The van der Waals surface area contributed by atoms with Gasteiger partial charge in [0, 0.05) is 39.3 Å². The predicted octanol–water partition coefficient (Wildman–Crippen LogP) is 1.52. The van der Waals surface area contributed by atoms with Crippen LogP contribution in [0.1, 0.15) is 31.5 Å². The van der Waals surface area contributed by atoms with Gasteiger partial charge < -0.3 is 4.90 Å². The maximum atomic E-state index is 9.28. The Balaban J connectivity index is 2.12. The number of hydrogen-bond acceptors (Lipinski definition) is 4. The summed E-state index contributed by atoms with van der Waals surface area (Å²) in [5.41, 5.74) is 1.55. The van der Waals surface area contributed by atoms with Crippen molar-refractivity contribution in [3.8, 4) is 6.07 Å². The van der Waals surface area contributed by atoms with E-state index in [9.17, 15) is 5.26 Å². The van der Waals surface area contributed by atoms with E-state index >= 15 is 0 Å². The Bertz CT molecular complexity index is 477. The minimum Gasteiger partial charge on any atom is -0.353 e. The minimum absolute atomic E-state index is 0.644. The molecule has 0 amide bonds. The number of aromatic nitrogens is 2. The van der Waals surface area contributed by atoms with Crippen molar-refractivity contribution >= 4 is 5.82 Å². The number of piperazine rings is 1. The van der Waals surface area contributed by atoms with E-state index in [1.807, 2.05) is 18.7 Å². The molecule has 2 heterocycles. The maximum Gasteiger partial charge on any atom is 0.145 e. The van der Waals surface area contributed by atoms with Crippen molar-refractivity contribution in [3.63, 3.8) is 0 Å². The van der Waals surface area contributed by atoms with Gasteiger partial charge in [-0.15, -0.1) is 0 Å². The second-order valence-electron chi connectivity index (χ2n) is 5.30. The highest BCUT2D eigenvalue weighted by molar-refractivity contribution is 5.57. The summed E-state index contributed by atoms with van der Waals surface area (Å²) >= 11 is 0. The molecule has 1 unspecified atom stereocenters. The molecule has 0 N–H and O–H groups in total. The maximum absolute atomic E-state index is 9.28. The molecule has 5 heteroatoms. The number of aryl methyl sites for hydroxylation is 2. The third-order valence-electron chi connectivity index (χ3n) is 4.13. The second kappa shape index (κ2) is 5.62. The van der Waals surface area contributed by atoms with Gasteiger partial charge in [-0.05, 0) is 20.3 Å². The topological polar surface area (TPSA) is 48.1 Å². The van der Waals surface area contributed by atoms with Crippen LogP contribution in [0.3, 0.4) is 0 Å². The normalized spacial score (nSPS) is 18.4. The monoisotopic (exact) mass is 261 g/mol. The molecule has 1 aromatic heterocycles. The van der Waals surface area contributed by atoms with E-state index in [-0.39, 0.29) is 0 Å². The molecule has 2 rings (SSSR count). The molecular weight excluding hydrogens is 238 g/mol. The van der Waals surface area contributed by atoms with Crippen LogP contribution in [0.2, 0.25) is 0 Å². The average molecular weight is 261 g/mol. The third-order valence-corrected chi connectivity index (χ3v) is 4.13. The van der Waals surface area contributed by atoms with E-state index < -0.39 is 0 Å². The molecule has 0 saturated carbocycles. The van der Waals surface area contributed by atoms with Crippen LogP contribution in [0.5, 0.6) is 0 Å². The SMILES string of the molecule is CCC(C)N1CCN(c2c(C#N)c(C)nn2C)CC1. The molecule has 0 spiro atoms. The van der Waals surface area contributed by atoms with Crippen LogP contribution in [0.4, 0.5) is 5.82 Å². The summed E-state index contributed by atoms with van der Waals surface area (Å²) in [6.45, 7) is 10.5. The van der Waals surface area contributed by atoms with Crippen molar-refractivity contribution in [2.24, 2.45) is 7.05 Å². The first kappa shape index (κ1) is 13.9. The van der Waals surface area contributed by atoms with Gasteiger partial charge in [0.2, 0.25) is 0 Å². The van der Waals surface area contributed by atoms with Gasteiger partial charge >= 0.3 is 0 Å². The number of anilines is 1. The van der Waals surface area contributed by atoms with Gasteiger partial charge in [-0.1, -0.05) is 6.92 Å². The highest BCUT2D eigenvalue weighted by Crippen LogP contribution is 2.24. The Labute approximate surface area is 115 Å². The van der Waals surface area contributed by atoms with E-state index in [0.717, 1.165) is 43.3 Å². The molecular formula is C14H23N5. The molecule has 19 heavy (non-hydrogen) atoms. The van der Waals surface area contributed by atoms with Crippen molar-refractivity contribution in [1.29, 1.82) is 5.26 Å². The molecule has 5 nitrogen and oxygen atoms in total. The van der Waals surface area contributed by atoms with Crippen LogP contribution in [0.25, 0.3) is 0 Å². The van der Waals surface area contributed by atoms with Gasteiger partial charge in [0.15, 0.2) is 0 Å². The smallest absolute Gasteiger partial charge is 0.145 e. The molecule has 1 aliphatic rings. The lowest BCUT2D eigenvalue weighted by Crippen LogP contribution is -2.50. The van der Waals surface area contributed by atoms with Crippen molar-refractivity contribution in [1.82, 2.24) is 14.7 Å². The fourth-order valence-corrected chi connectivity index (χ4v) is 2.77. The number of nitriles is 1. The molecule has 0 bridgehead atoms. The number of hydrogen-bond donors (Lipinski definition) is 0. The molecule has 1 aliphatic heterocycles. The van der Waals surface area contributed by atoms with E-state index in [1.165, 1.54) is 6.42 Å². The summed E-state index contributed by atoms with van der Waals surface area (Å²) in [4.78, 5) is 4.81. The average Bonchev–Trinajstić information content (AvgIpc) is 2.72. The van der Waals surface area contributed by atoms with Crippen LogP contribution < -0.4 is 4.90 Å². The molecule has 1 fully saturated rings. The second-order valence-corrected chi connectivity index (χ2v) is 5.30. The van der Waals surface area contributed by atoms with E-state index in [2.05, 4.69) is 34.8 Å². The van der Waals surface area contributed by atoms with Crippen molar-refractivity contribution in [3.05, 3.63) is 11.3 Å². The standard InChI is InChI=1S/C14H23N5/c1-5-11(2)18-6-8-19(9-7-18)14-13(10-15)12(3)16-17(14)4/h11H,5-9H2,1-4H3. The van der Waals surface area contributed by atoms with Crippen LogP contribution in [0, 0.1) is 18.3 Å². The van der Waals surface area contributed by atoms with Crippen molar-refractivity contribution < 1.29 is 0 Å². The van der Waals surface area contributed by atoms with Crippen LogP contribution in [0.15, 0.2) is 0 Å². The van der Waals surface area contributed by atoms with Crippen LogP contribution in [-0.4, -0.2) is 46.9 Å². The fourth-order valence-electron chi connectivity index (χ4n) is 2.77. The summed E-state index contributed by atoms with van der Waals surface area (Å²) in [6, 6.07) is 2.93. The van der Waals surface area contributed by atoms with Gasteiger partial charge in [-0.25, -0.2) is 0 Å². The van der Waals surface area contributed by atoms with Crippen molar-refractivity contribution in [2.75, 3.05) is 31.1 Å². The van der Waals surface area contributed by atoms with Gasteiger partial charge in [-0.2, -0.15) is 10.4 Å². The van der Waals surface area contributed by atoms with Gasteiger partial charge in [0.1, 0.15) is 17.5 Å². The Morgan fingerprint density at radius 1 is 1.32 bits per heavy atom. The molecule has 0 aromatic carbocycles. The quantitative estimate of drug-likeness (QED) is 0.827. The van der Waals surface area contributed by atoms with Gasteiger partial charge in [0.05, 0.1) is 5.69 Å². The summed E-state index contributed by atoms with van der Waals surface area (Å²) in [5.74, 6) is 0.976. The largest absolute Gasteiger partial charge is 0.353 e. The highest BCUT2D eigenvalue weighted by atomic mass is 15.4. The van der Waals surface area contributed by atoms with E-state index in [4.69, 9.17) is 0 Å². The minimum atomic E-state index is 0.644. The lowest BCUT2D eigenvalue weighted by atomic mass is 10.1. The number of rotatable bonds is 3. The lowest BCUT2D eigenvalue weighted by molar-refractivity contribution is 0.192. The molecule has 0 aliphatic carbocycles. The first-order chi connectivity index (χ1) is 9.08. The van der Waals surface area contributed by atoms with Gasteiger partial charge in [-0.3, -0.25) is 9.58 Å². The van der Waals surface area contributed by atoms with E-state index in [0.29, 0.717) is 6.04 Å². The zero-order chi connectivity index (χ0) is 14.0. The zero-order valence-corrected chi connectivity index (χ0v) is 12.3. The number of nitrogens with zero attached hydrogens (tertiary/aromatic N) is 5. The summed E-state index contributed by atoms with van der Waals surface area (Å²) in [5, 5.41) is 13.6. The zero-order valence-electron chi connectivity index (χ0n) is 12.3. The summed E-state index contributed by atoms with van der Waals surface area (Å²) in [7, 11) is 1.92. The molecule has 0 radical (unpaired) electrons. The lowest BCUT2D eigenvalue weighted by Gasteiger charge is -2.38. The van der Waals surface area contributed by atoms with Gasteiger partial charge in [0.25, 0.3) is 0 Å². The first-order valence-corrected chi connectivity index (χ1v) is 7.01. The van der Waals surface area contributed by atoms with Crippen LogP contribution in [-0.2, 0) is 7.05 Å².